The van der Waals surface area contributed by atoms with Crippen LogP contribution in [0.25, 0.3) is 10.9 Å². The molecule has 24 heavy (non-hydrogen) atoms. The monoisotopic (exact) mass is 337 g/mol. The lowest BCUT2D eigenvalue weighted by molar-refractivity contribution is 0.815. The molecule has 124 valence electrons. The number of benzene rings is 2. The molecule has 0 saturated carbocycles. The molecule has 3 nitrogen and oxygen atoms in total. The maximum Gasteiger partial charge on any atom is 0.166 e. The van der Waals surface area contributed by atoms with Gasteiger partial charge in [-0.15, -0.1) is 0 Å². The van der Waals surface area contributed by atoms with Gasteiger partial charge in [0.25, 0.3) is 0 Å². The third-order valence-corrected chi connectivity index (χ3v) is 4.63. The SMILES string of the molecule is Cc1cc2cc(CNC(=S)NCCc3ccccc3)ccc2n1C. The fourth-order valence-corrected chi connectivity index (χ4v) is 3.03. The van der Waals surface area contributed by atoms with Crippen LogP contribution in [-0.4, -0.2) is 16.2 Å². The molecular formula is C20H23N3S. The van der Waals surface area contributed by atoms with E-state index in [9.17, 15) is 0 Å². The molecule has 2 N–H and O–H groups in total. The van der Waals surface area contributed by atoms with Gasteiger partial charge < -0.3 is 15.2 Å². The molecule has 0 fully saturated rings. The first kappa shape index (κ1) is 16.5. The molecule has 0 radical (unpaired) electrons. The molecule has 0 spiro atoms. The van der Waals surface area contributed by atoms with E-state index in [2.05, 4.69) is 77.7 Å². The van der Waals surface area contributed by atoms with Crippen LogP contribution < -0.4 is 10.6 Å². The number of aryl methyl sites for hydroxylation is 2. The maximum atomic E-state index is 5.36. The summed E-state index contributed by atoms with van der Waals surface area (Å²) in [5.74, 6) is 0. The third-order valence-electron chi connectivity index (χ3n) is 4.34. The number of thiocarbonyl (C=S) groups is 1. The molecule has 0 aliphatic rings. The summed E-state index contributed by atoms with van der Waals surface area (Å²) < 4.78 is 2.21. The van der Waals surface area contributed by atoms with Crippen molar-refractivity contribution in [2.24, 2.45) is 7.05 Å². The number of fused-ring (bicyclic) bond motifs is 1. The molecule has 0 unspecified atom stereocenters. The first-order valence-corrected chi connectivity index (χ1v) is 8.65. The van der Waals surface area contributed by atoms with Gasteiger partial charge >= 0.3 is 0 Å². The van der Waals surface area contributed by atoms with E-state index >= 15 is 0 Å². The van der Waals surface area contributed by atoms with Crippen molar-refractivity contribution >= 4 is 28.2 Å². The number of hydrogen-bond donors (Lipinski definition) is 2. The van der Waals surface area contributed by atoms with E-state index < -0.39 is 0 Å². The molecule has 0 aliphatic carbocycles. The minimum atomic E-state index is 0.704. The summed E-state index contributed by atoms with van der Waals surface area (Å²) in [5.41, 5.74) is 5.09. The minimum Gasteiger partial charge on any atom is -0.362 e. The van der Waals surface area contributed by atoms with Crippen LogP contribution in [0.3, 0.4) is 0 Å². The van der Waals surface area contributed by atoms with Crippen LogP contribution in [0.1, 0.15) is 16.8 Å². The van der Waals surface area contributed by atoms with Crippen LogP contribution in [0.4, 0.5) is 0 Å². The smallest absolute Gasteiger partial charge is 0.166 e. The zero-order valence-electron chi connectivity index (χ0n) is 14.2. The highest BCUT2D eigenvalue weighted by Crippen LogP contribution is 2.19. The number of hydrogen-bond acceptors (Lipinski definition) is 1. The molecular weight excluding hydrogens is 314 g/mol. The summed E-state index contributed by atoms with van der Waals surface area (Å²) >= 11 is 5.36. The van der Waals surface area contributed by atoms with Gasteiger partial charge in [-0.05, 0) is 54.9 Å². The average molecular weight is 337 g/mol. The number of aromatic nitrogens is 1. The van der Waals surface area contributed by atoms with E-state index in [1.807, 2.05) is 6.07 Å². The van der Waals surface area contributed by atoms with Gasteiger partial charge in [-0.25, -0.2) is 0 Å². The molecule has 2 aromatic carbocycles. The Morgan fingerprint density at radius 2 is 1.79 bits per heavy atom. The van der Waals surface area contributed by atoms with Gasteiger partial charge in [0.05, 0.1) is 0 Å². The van der Waals surface area contributed by atoms with Crippen molar-refractivity contribution in [3.63, 3.8) is 0 Å². The van der Waals surface area contributed by atoms with E-state index in [1.54, 1.807) is 0 Å². The van der Waals surface area contributed by atoms with Gasteiger partial charge in [0.15, 0.2) is 5.11 Å². The highest BCUT2D eigenvalue weighted by molar-refractivity contribution is 7.80. The van der Waals surface area contributed by atoms with Crippen LogP contribution >= 0.6 is 12.2 Å². The largest absolute Gasteiger partial charge is 0.362 e. The Morgan fingerprint density at radius 3 is 2.58 bits per heavy atom. The van der Waals surface area contributed by atoms with Gasteiger partial charge in [0.2, 0.25) is 0 Å². The number of rotatable bonds is 5. The van der Waals surface area contributed by atoms with E-state index in [1.165, 1.54) is 27.7 Å². The predicted octanol–water partition coefficient (Wildman–Crippen LogP) is 3.69. The van der Waals surface area contributed by atoms with Crippen molar-refractivity contribution in [3.05, 3.63) is 71.4 Å². The zero-order chi connectivity index (χ0) is 16.9. The summed E-state index contributed by atoms with van der Waals surface area (Å²) in [5, 5.41) is 8.53. The Hall–Kier alpha value is -2.33. The molecule has 0 amide bonds. The van der Waals surface area contributed by atoms with Crippen molar-refractivity contribution in [1.82, 2.24) is 15.2 Å². The lowest BCUT2D eigenvalue weighted by atomic mass is 10.1. The molecule has 0 saturated heterocycles. The number of nitrogens with zero attached hydrogens (tertiary/aromatic N) is 1. The normalized spacial score (nSPS) is 10.8. The Labute approximate surface area is 148 Å². The molecule has 3 aromatic rings. The molecule has 0 bridgehead atoms. The second kappa shape index (κ2) is 7.49. The van der Waals surface area contributed by atoms with E-state index in [0.29, 0.717) is 5.11 Å². The molecule has 0 atom stereocenters. The Kier molecular flexibility index (Phi) is 5.16. The second-order valence-electron chi connectivity index (χ2n) is 6.08. The highest BCUT2D eigenvalue weighted by Gasteiger charge is 2.03. The van der Waals surface area contributed by atoms with Crippen molar-refractivity contribution in [1.29, 1.82) is 0 Å². The first-order chi connectivity index (χ1) is 11.6. The van der Waals surface area contributed by atoms with Crippen LogP contribution in [0, 0.1) is 6.92 Å². The maximum absolute atomic E-state index is 5.36. The second-order valence-corrected chi connectivity index (χ2v) is 6.49. The lowest BCUT2D eigenvalue weighted by Crippen LogP contribution is -2.35. The average Bonchev–Trinajstić information content (AvgIpc) is 2.88. The number of nitrogens with one attached hydrogen (secondary N) is 2. The third kappa shape index (κ3) is 3.95. The highest BCUT2D eigenvalue weighted by atomic mass is 32.1. The molecule has 1 aromatic heterocycles. The van der Waals surface area contributed by atoms with Crippen molar-refractivity contribution in [2.75, 3.05) is 6.54 Å². The van der Waals surface area contributed by atoms with E-state index in [4.69, 9.17) is 12.2 Å². The van der Waals surface area contributed by atoms with Crippen molar-refractivity contribution < 1.29 is 0 Å². The predicted molar refractivity (Wildman–Crippen MR) is 105 cm³/mol. The summed E-state index contributed by atoms with van der Waals surface area (Å²) in [6.45, 7) is 3.71. The zero-order valence-corrected chi connectivity index (χ0v) is 15.0. The van der Waals surface area contributed by atoms with E-state index in [-0.39, 0.29) is 0 Å². The first-order valence-electron chi connectivity index (χ1n) is 8.24. The quantitative estimate of drug-likeness (QED) is 0.696. The Bertz CT molecular complexity index is 837. The van der Waals surface area contributed by atoms with Crippen LogP contribution in [0.15, 0.2) is 54.6 Å². The molecule has 3 rings (SSSR count). The summed E-state index contributed by atoms with van der Waals surface area (Å²) in [4.78, 5) is 0. The minimum absolute atomic E-state index is 0.704. The van der Waals surface area contributed by atoms with Crippen molar-refractivity contribution in [3.8, 4) is 0 Å². The fourth-order valence-electron chi connectivity index (χ4n) is 2.86. The standard InChI is InChI=1S/C20H23N3S/c1-15-12-18-13-17(8-9-19(18)23(15)2)14-22-20(24)21-11-10-16-6-4-3-5-7-16/h3-9,12-13H,10-11,14H2,1-2H3,(H2,21,22,24). The van der Waals surface area contributed by atoms with Crippen LogP contribution in [-0.2, 0) is 20.0 Å². The Balaban J connectivity index is 1.49. The van der Waals surface area contributed by atoms with Crippen LogP contribution in [0.5, 0.6) is 0 Å². The van der Waals surface area contributed by atoms with Gasteiger partial charge in [-0.2, -0.15) is 0 Å². The molecule has 0 aliphatic heterocycles. The van der Waals surface area contributed by atoms with Crippen molar-refractivity contribution in [2.45, 2.75) is 19.9 Å². The fraction of sp³-hybridized carbons (Fsp3) is 0.250. The molecule has 1 heterocycles. The summed E-state index contributed by atoms with van der Waals surface area (Å²) in [7, 11) is 2.10. The van der Waals surface area contributed by atoms with Gasteiger partial charge in [-0.1, -0.05) is 36.4 Å². The van der Waals surface area contributed by atoms with Gasteiger partial charge in [0.1, 0.15) is 0 Å². The lowest BCUT2D eigenvalue weighted by Gasteiger charge is -2.11. The molecule has 4 heteroatoms. The van der Waals surface area contributed by atoms with Gasteiger partial charge in [-0.3, -0.25) is 0 Å². The summed E-state index contributed by atoms with van der Waals surface area (Å²) in [6.07, 6.45) is 0.970. The van der Waals surface area contributed by atoms with E-state index in [0.717, 1.165) is 19.5 Å². The van der Waals surface area contributed by atoms with Crippen LogP contribution in [0.2, 0.25) is 0 Å². The topological polar surface area (TPSA) is 29.0 Å². The van der Waals surface area contributed by atoms with Gasteiger partial charge in [0, 0.05) is 36.7 Å². The Morgan fingerprint density at radius 1 is 1.00 bits per heavy atom. The summed E-state index contributed by atoms with van der Waals surface area (Å²) in [6, 6.07) is 19.2.